The molecule has 36 heavy (non-hydrogen) atoms. The van der Waals surface area contributed by atoms with Crippen molar-refractivity contribution < 1.29 is 25.2 Å². The maximum Gasteiger partial charge on any atom is 0.404 e. The molecule has 6 atom stereocenters. The van der Waals surface area contributed by atoms with Crippen molar-refractivity contribution in [3.8, 4) is 0 Å². The van der Waals surface area contributed by atoms with Crippen LogP contribution in [0.5, 0.6) is 0 Å². The summed E-state index contributed by atoms with van der Waals surface area (Å²) >= 11 is 0. The second kappa shape index (κ2) is 9.87. The number of nitrogens with one attached hydrogen (secondary N) is 2. The van der Waals surface area contributed by atoms with E-state index in [9.17, 15) is 25.2 Å². The number of hydrogen-bond donors (Lipinski definition) is 6. The van der Waals surface area contributed by atoms with Crippen LogP contribution in [0.3, 0.4) is 0 Å². The SMILES string of the molecule is O=C(O)NC(Cc1ccccc1)C(O)C(O)(N[C@@H]1c2ccccc2C[C@@H]1O)C1C=Cc2ccccc21. The van der Waals surface area contributed by atoms with Gasteiger partial charge in [-0.1, -0.05) is 91.0 Å². The van der Waals surface area contributed by atoms with Gasteiger partial charge in [0.05, 0.1) is 18.2 Å². The number of amides is 1. The van der Waals surface area contributed by atoms with Gasteiger partial charge in [0.15, 0.2) is 5.72 Å². The average molecular weight is 487 g/mol. The molecule has 186 valence electrons. The number of aliphatic hydroxyl groups is 3. The number of fused-ring (bicyclic) bond motifs is 2. The number of rotatable bonds is 8. The standard InChI is InChI=1S/C29H30N2O5/c32-25-17-20-11-5-7-13-22(20)26(25)31-29(36,23-15-14-19-10-4-6-12-21(19)23)27(33)24(30-28(34)35)16-18-8-2-1-3-9-18/h1-15,23-27,30-33,36H,16-17H2,(H,34,35)/t23?,24?,25-,26+,27?,29?/m0/s1. The summed E-state index contributed by atoms with van der Waals surface area (Å²) in [5, 5.41) is 50.2. The molecule has 6 N–H and O–H groups in total. The molecule has 7 heteroatoms. The van der Waals surface area contributed by atoms with Crippen LogP contribution in [0.15, 0.2) is 84.9 Å². The fourth-order valence-corrected chi connectivity index (χ4v) is 5.56. The van der Waals surface area contributed by atoms with Crippen LogP contribution in [-0.4, -0.2) is 50.5 Å². The Morgan fingerprint density at radius 1 is 0.972 bits per heavy atom. The van der Waals surface area contributed by atoms with Crippen LogP contribution in [0.1, 0.15) is 39.8 Å². The number of carbonyl (C=O) groups is 1. The van der Waals surface area contributed by atoms with Crippen molar-refractivity contribution in [3.63, 3.8) is 0 Å². The van der Waals surface area contributed by atoms with Crippen molar-refractivity contribution in [2.45, 2.75) is 48.8 Å². The lowest BCUT2D eigenvalue weighted by atomic mass is 9.81. The highest BCUT2D eigenvalue weighted by molar-refractivity contribution is 5.65. The van der Waals surface area contributed by atoms with Gasteiger partial charge in [0.25, 0.3) is 0 Å². The molecule has 2 aliphatic rings. The number of benzene rings is 3. The molecule has 1 amide bonds. The Kier molecular flexibility index (Phi) is 6.64. The van der Waals surface area contributed by atoms with E-state index >= 15 is 0 Å². The predicted molar refractivity (Wildman–Crippen MR) is 136 cm³/mol. The van der Waals surface area contributed by atoms with E-state index in [1.165, 1.54) is 0 Å². The Morgan fingerprint density at radius 2 is 1.64 bits per heavy atom. The minimum Gasteiger partial charge on any atom is -0.465 e. The number of aliphatic hydroxyl groups excluding tert-OH is 2. The third-order valence-electron chi connectivity index (χ3n) is 7.30. The van der Waals surface area contributed by atoms with Gasteiger partial charge in [0.1, 0.15) is 6.10 Å². The minimum atomic E-state index is -2.01. The van der Waals surface area contributed by atoms with Crippen LogP contribution in [-0.2, 0) is 12.8 Å². The van der Waals surface area contributed by atoms with Gasteiger partial charge in [0, 0.05) is 12.3 Å². The number of carboxylic acid groups (broad SMARTS) is 1. The molecule has 5 rings (SSSR count). The van der Waals surface area contributed by atoms with E-state index in [-0.39, 0.29) is 6.42 Å². The summed E-state index contributed by atoms with van der Waals surface area (Å²) in [5.41, 5.74) is 2.33. The zero-order valence-corrected chi connectivity index (χ0v) is 19.7. The first-order chi connectivity index (χ1) is 17.4. The highest BCUT2D eigenvalue weighted by atomic mass is 16.4. The van der Waals surface area contributed by atoms with Crippen LogP contribution in [0.2, 0.25) is 0 Å². The van der Waals surface area contributed by atoms with E-state index < -0.39 is 42.0 Å². The van der Waals surface area contributed by atoms with Crippen molar-refractivity contribution in [2.75, 3.05) is 0 Å². The van der Waals surface area contributed by atoms with Gasteiger partial charge in [-0.15, -0.1) is 0 Å². The van der Waals surface area contributed by atoms with Gasteiger partial charge in [-0.05, 0) is 34.2 Å². The molecule has 0 spiro atoms. The van der Waals surface area contributed by atoms with E-state index in [1.807, 2.05) is 91.0 Å². The molecule has 3 aromatic rings. The largest absolute Gasteiger partial charge is 0.465 e. The lowest BCUT2D eigenvalue weighted by Gasteiger charge is -2.44. The van der Waals surface area contributed by atoms with Crippen molar-refractivity contribution in [1.29, 1.82) is 0 Å². The van der Waals surface area contributed by atoms with Crippen molar-refractivity contribution in [1.82, 2.24) is 10.6 Å². The molecule has 3 aromatic carbocycles. The third-order valence-corrected chi connectivity index (χ3v) is 7.30. The van der Waals surface area contributed by atoms with Gasteiger partial charge < -0.3 is 25.7 Å². The van der Waals surface area contributed by atoms with E-state index in [0.29, 0.717) is 6.42 Å². The Labute approximate surface area is 209 Å². The van der Waals surface area contributed by atoms with Gasteiger partial charge in [-0.3, -0.25) is 5.32 Å². The zero-order chi connectivity index (χ0) is 25.3. The molecule has 0 radical (unpaired) electrons. The number of hydrogen-bond acceptors (Lipinski definition) is 5. The van der Waals surface area contributed by atoms with Gasteiger partial charge in [0.2, 0.25) is 0 Å². The fourth-order valence-electron chi connectivity index (χ4n) is 5.56. The summed E-state index contributed by atoms with van der Waals surface area (Å²) < 4.78 is 0. The third kappa shape index (κ3) is 4.54. The van der Waals surface area contributed by atoms with Crippen LogP contribution in [0.25, 0.3) is 6.08 Å². The van der Waals surface area contributed by atoms with Crippen molar-refractivity contribution >= 4 is 12.2 Å². The van der Waals surface area contributed by atoms with E-state index in [1.54, 1.807) is 0 Å². The maximum atomic E-state index is 12.3. The second-order valence-corrected chi connectivity index (χ2v) is 9.57. The lowest BCUT2D eigenvalue weighted by Crippen LogP contribution is -2.66. The molecule has 0 fully saturated rings. The first-order valence-corrected chi connectivity index (χ1v) is 12.1. The highest BCUT2D eigenvalue weighted by Crippen LogP contribution is 2.42. The monoisotopic (exact) mass is 486 g/mol. The molecular formula is C29H30N2O5. The van der Waals surface area contributed by atoms with Gasteiger partial charge in [-0.25, -0.2) is 4.79 Å². The maximum absolute atomic E-state index is 12.3. The van der Waals surface area contributed by atoms with E-state index in [0.717, 1.165) is 27.8 Å². The fraction of sp³-hybridized carbons (Fsp3) is 0.276. The molecule has 0 saturated heterocycles. The topological polar surface area (TPSA) is 122 Å². The highest BCUT2D eigenvalue weighted by Gasteiger charge is 2.51. The Balaban J connectivity index is 1.55. The molecule has 0 aromatic heterocycles. The quantitative estimate of drug-likeness (QED) is 0.272. The Hall–Kier alpha value is -3.49. The van der Waals surface area contributed by atoms with E-state index in [4.69, 9.17) is 0 Å². The van der Waals surface area contributed by atoms with E-state index in [2.05, 4.69) is 10.6 Å². The average Bonchev–Trinajstić information content (AvgIpc) is 3.45. The molecule has 0 heterocycles. The predicted octanol–water partition coefficient (Wildman–Crippen LogP) is 2.97. The minimum absolute atomic E-state index is 0.167. The van der Waals surface area contributed by atoms with Gasteiger partial charge in [-0.2, -0.15) is 0 Å². The van der Waals surface area contributed by atoms with Crippen molar-refractivity contribution in [2.24, 2.45) is 0 Å². The van der Waals surface area contributed by atoms with Crippen LogP contribution in [0, 0.1) is 0 Å². The van der Waals surface area contributed by atoms with Gasteiger partial charge >= 0.3 is 6.09 Å². The first-order valence-electron chi connectivity index (χ1n) is 12.1. The first kappa shape index (κ1) is 24.2. The lowest BCUT2D eigenvalue weighted by molar-refractivity contribution is -0.132. The summed E-state index contributed by atoms with van der Waals surface area (Å²) in [6, 6.07) is 22.7. The molecule has 0 saturated carbocycles. The normalized spacial score (nSPS) is 23.4. The molecule has 2 aliphatic carbocycles. The molecule has 4 unspecified atom stereocenters. The summed E-state index contributed by atoms with van der Waals surface area (Å²) in [7, 11) is 0. The molecule has 0 aliphatic heterocycles. The molecule has 0 bridgehead atoms. The van der Waals surface area contributed by atoms with Crippen LogP contribution < -0.4 is 10.6 Å². The summed E-state index contributed by atoms with van der Waals surface area (Å²) in [6.45, 7) is 0. The summed E-state index contributed by atoms with van der Waals surface area (Å²) in [5.74, 6) is -0.683. The molecular weight excluding hydrogens is 456 g/mol. The van der Waals surface area contributed by atoms with Crippen LogP contribution in [0.4, 0.5) is 4.79 Å². The van der Waals surface area contributed by atoms with Crippen LogP contribution >= 0.6 is 0 Å². The Bertz CT molecular complexity index is 1260. The Morgan fingerprint density at radius 3 is 2.39 bits per heavy atom. The van der Waals surface area contributed by atoms with Crippen molar-refractivity contribution in [3.05, 3.63) is 113 Å². The smallest absolute Gasteiger partial charge is 0.404 e. The summed E-state index contributed by atoms with van der Waals surface area (Å²) in [6.07, 6.45) is 0.601. The zero-order valence-electron chi connectivity index (χ0n) is 19.7. The molecule has 7 nitrogen and oxygen atoms in total. The second-order valence-electron chi connectivity index (χ2n) is 9.57. The summed E-state index contributed by atoms with van der Waals surface area (Å²) in [4.78, 5) is 11.7.